The maximum Gasteiger partial charge on any atom is 0.338 e. The summed E-state index contributed by atoms with van der Waals surface area (Å²) in [5.41, 5.74) is 6.16. The molecule has 1 heterocycles. The summed E-state index contributed by atoms with van der Waals surface area (Å²) in [6, 6.07) is 5.77. The van der Waals surface area contributed by atoms with Gasteiger partial charge in [-0.1, -0.05) is 0 Å². The van der Waals surface area contributed by atoms with Crippen LogP contribution in [0, 0.1) is 17.1 Å². The van der Waals surface area contributed by atoms with Crippen molar-refractivity contribution in [2.24, 2.45) is 5.73 Å². The zero-order valence-electron chi connectivity index (χ0n) is 13.6. The van der Waals surface area contributed by atoms with Crippen molar-refractivity contribution in [2.75, 3.05) is 13.7 Å². The molecule has 6 nitrogen and oxygen atoms in total. The molecule has 1 aromatic rings. The van der Waals surface area contributed by atoms with Crippen LogP contribution in [0.15, 0.2) is 41.0 Å². The molecule has 2 N–H and O–H groups in total. The molecule has 1 aliphatic rings. The zero-order valence-corrected chi connectivity index (χ0v) is 13.6. The molecule has 126 valence electrons. The molecule has 0 amide bonds. The van der Waals surface area contributed by atoms with Crippen molar-refractivity contribution >= 4 is 5.97 Å². The molecule has 0 radical (unpaired) electrons. The third-order valence-electron chi connectivity index (χ3n) is 3.60. The topological polar surface area (TPSA) is 94.6 Å². The van der Waals surface area contributed by atoms with E-state index >= 15 is 0 Å². The number of halogens is 1. The Hall–Kier alpha value is -3.01. The van der Waals surface area contributed by atoms with Crippen molar-refractivity contribution in [1.82, 2.24) is 0 Å². The second kappa shape index (κ2) is 7.04. The molecule has 0 saturated heterocycles. The normalized spacial score (nSPS) is 17.2. The standard InChI is InChI=1S/C17H17FN2O4/c1-4-23-17(21)14-9(2)24-16(20)12(8-19)15(14)11-7-10(18)5-6-13(11)22-3/h5-7,15H,4,20H2,1-3H3. The molecule has 0 spiro atoms. The fourth-order valence-electron chi connectivity index (χ4n) is 2.60. The second-order valence-electron chi connectivity index (χ2n) is 5.00. The highest BCUT2D eigenvalue weighted by Gasteiger charge is 2.38. The van der Waals surface area contributed by atoms with Crippen molar-refractivity contribution in [3.63, 3.8) is 0 Å². The minimum Gasteiger partial charge on any atom is -0.496 e. The first-order valence-corrected chi connectivity index (χ1v) is 7.23. The van der Waals surface area contributed by atoms with Crippen LogP contribution in [0.1, 0.15) is 25.3 Å². The Morgan fingerprint density at radius 2 is 2.21 bits per heavy atom. The molecule has 0 aliphatic carbocycles. The Morgan fingerprint density at radius 3 is 2.79 bits per heavy atom. The minimum absolute atomic E-state index is 0.00690. The van der Waals surface area contributed by atoms with Crippen LogP contribution >= 0.6 is 0 Å². The largest absolute Gasteiger partial charge is 0.496 e. The average Bonchev–Trinajstić information content (AvgIpc) is 2.54. The van der Waals surface area contributed by atoms with Gasteiger partial charge in [0.05, 0.1) is 25.2 Å². The molecular weight excluding hydrogens is 315 g/mol. The van der Waals surface area contributed by atoms with Gasteiger partial charge in [0.15, 0.2) is 0 Å². The van der Waals surface area contributed by atoms with Gasteiger partial charge < -0.3 is 19.9 Å². The Morgan fingerprint density at radius 1 is 1.50 bits per heavy atom. The highest BCUT2D eigenvalue weighted by atomic mass is 19.1. The number of carbonyl (C=O) groups is 1. The summed E-state index contributed by atoms with van der Waals surface area (Å²) >= 11 is 0. The third kappa shape index (κ3) is 3.04. The van der Waals surface area contributed by atoms with E-state index in [2.05, 4.69) is 0 Å². The highest BCUT2D eigenvalue weighted by molar-refractivity contribution is 5.92. The molecule has 1 atom stereocenters. The second-order valence-corrected chi connectivity index (χ2v) is 5.00. The van der Waals surface area contributed by atoms with Gasteiger partial charge in [-0.15, -0.1) is 0 Å². The van der Waals surface area contributed by atoms with E-state index in [9.17, 15) is 14.4 Å². The molecule has 2 rings (SSSR count). The van der Waals surface area contributed by atoms with Gasteiger partial charge in [-0.3, -0.25) is 0 Å². The van der Waals surface area contributed by atoms with Crippen molar-refractivity contribution in [3.05, 3.63) is 52.4 Å². The monoisotopic (exact) mass is 332 g/mol. The number of nitrogens with zero attached hydrogens (tertiary/aromatic N) is 1. The lowest BCUT2D eigenvalue weighted by atomic mass is 9.82. The Bertz CT molecular complexity index is 777. The summed E-state index contributed by atoms with van der Waals surface area (Å²) in [5.74, 6) is -1.76. The van der Waals surface area contributed by atoms with Gasteiger partial charge >= 0.3 is 5.97 Å². The SMILES string of the molecule is CCOC(=O)C1=C(C)OC(N)=C(C#N)C1c1cc(F)ccc1OC. The van der Waals surface area contributed by atoms with Crippen molar-refractivity contribution in [2.45, 2.75) is 19.8 Å². The van der Waals surface area contributed by atoms with E-state index in [-0.39, 0.29) is 29.4 Å². The van der Waals surface area contributed by atoms with E-state index < -0.39 is 17.7 Å². The van der Waals surface area contributed by atoms with Crippen LogP contribution in [0.2, 0.25) is 0 Å². The number of nitriles is 1. The maximum absolute atomic E-state index is 13.8. The van der Waals surface area contributed by atoms with Crippen molar-refractivity contribution < 1.29 is 23.4 Å². The summed E-state index contributed by atoms with van der Waals surface area (Å²) in [6.45, 7) is 3.33. The van der Waals surface area contributed by atoms with Gasteiger partial charge in [-0.2, -0.15) is 5.26 Å². The molecule has 0 saturated carbocycles. The van der Waals surface area contributed by atoms with E-state index in [1.54, 1.807) is 6.92 Å². The number of ether oxygens (including phenoxy) is 3. The summed E-state index contributed by atoms with van der Waals surface area (Å²) in [6.07, 6.45) is 0. The fraction of sp³-hybridized carbons (Fsp3) is 0.294. The van der Waals surface area contributed by atoms with E-state index in [0.717, 1.165) is 0 Å². The zero-order chi connectivity index (χ0) is 17.9. The third-order valence-corrected chi connectivity index (χ3v) is 3.60. The first kappa shape index (κ1) is 17.3. The van der Waals surface area contributed by atoms with Crippen molar-refractivity contribution in [3.8, 4) is 11.8 Å². The highest BCUT2D eigenvalue weighted by Crippen LogP contribution is 2.43. The number of carbonyl (C=O) groups excluding carboxylic acids is 1. The number of rotatable bonds is 4. The predicted octanol–water partition coefficient (Wildman–Crippen LogP) is 2.48. The number of hydrogen-bond donors (Lipinski definition) is 1. The van der Waals surface area contributed by atoms with Gasteiger partial charge in [0.25, 0.3) is 0 Å². The van der Waals surface area contributed by atoms with Crippen LogP contribution in [-0.2, 0) is 14.3 Å². The number of methoxy groups -OCH3 is 1. The number of esters is 1. The van der Waals surface area contributed by atoms with E-state index in [1.165, 1.54) is 32.2 Å². The molecular formula is C17H17FN2O4. The lowest BCUT2D eigenvalue weighted by Crippen LogP contribution is -2.26. The van der Waals surface area contributed by atoms with Gasteiger partial charge in [-0.25, -0.2) is 9.18 Å². The number of hydrogen-bond acceptors (Lipinski definition) is 6. The smallest absolute Gasteiger partial charge is 0.338 e. The van der Waals surface area contributed by atoms with Crippen LogP contribution in [0.4, 0.5) is 4.39 Å². The Balaban J connectivity index is 2.72. The summed E-state index contributed by atoms with van der Waals surface area (Å²) in [7, 11) is 1.41. The number of allylic oxidation sites excluding steroid dienone is 2. The van der Waals surface area contributed by atoms with E-state index in [1.807, 2.05) is 6.07 Å². The van der Waals surface area contributed by atoms with Crippen molar-refractivity contribution in [1.29, 1.82) is 5.26 Å². The average molecular weight is 332 g/mol. The lowest BCUT2D eigenvalue weighted by Gasteiger charge is -2.27. The van der Waals surface area contributed by atoms with E-state index in [4.69, 9.17) is 19.9 Å². The fourth-order valence-corrected chi connectivity index (χ4v) is 2.60. The van der Waals surface area contributed by atoms with Crippen LogP contribution in [0.3, 0.4) is 0 Å². The van der Waals surface area contributed by atoms with Gasteiger partial charge in [0, 0.05) is 5.56 Å². The van der Waals surface area contributed by atoms with Crippen LogP contribution < -0.4 is 10.5 Å². The quantitative estimate of drug-likeness (QED) is 0.851. The first-order valence-electron chi connectivity index (χ1n) is 7.23. The summed E-state index contributed by atoms with van der Waals surface area (Å²) in [5, 5.41) is 9.46. The predicted molar refractivity (Wildman–Crippen MR) is 82.9 cm³/mol. The van der Waals surface area contributed by atoms with E-state index in [0.29, 0.717) is 11.3 Å². The molecule has 0 fully saturated rings. The number of nitrogens with two attached hydrogens (primary N) is 1. The molecule has 0 bridgehead atoms. The van der Waals surface area contributed by atoms with Crippen LogP contribution in [0.5, 0.6) is 5.75 Å². The molecule has 7 heteroatoms. The van der Waals surface area contributed by atoms with Gasteiger partial charge in [-0.05, 0) is 32.0 Å². The first-order chi connectivity index (χ1) is 11.4. The minimum atomic E-state index is -0.937. The Labute approximate surface area is 138 Å². The van der Waals surface area contributed by atoms with Gasteiger partial charge in [0.1, 0.15) is 29.0 Å². The lowest BCUT2D eigenvalue weighted by molar-refractivity contribution is -0.139. The maximum atomic E-state index is 13.8. The Kier molecular flexibility index (Phi) is 5.09. The van der Waals surface area contributed by atoms with Gasteiger partial charge in [0.2, 0.25) is 5.88 Å². The molecule has 24 heavy (non-hydrogen) atoms. The molecule has 1 aromatic carbocycles. The molecule has 1 aliphatic heterocycles. The van der Waals surface area contributed by atoms with Crippen LogP contribution in [0.25, 0.3) is 0 Å². The van der Waals surface area contributed by atoms with Crippen LogP contribution in [-0.4, -0.2) is 19.7 Å². The molecule has 0 aromatic heterocycles. The summed E-state index contributed by atoms with van der Waals surface area (Å²) < 4.78 is 29.4. The number of benzene rings is 1. The summed E-state index contributed by atoms with van der Waals surface area (Å²) in [4.78, 5) is 12.4. The molecule has 1 unspecified atom stereocenters.